The maximum Gasteiger partial charge on any atom is 0.0849 e. The Kier molecular flexibility index (Phi) is 6.84. The van der Waals surface area contributed by atoms with E-state index in [0.717, 1.165) is 57.8 Å². The molecule has 5 heteroatoms. The minimum atomic E-state index is -1.01. The van der Waals surface area contributed by atoms with Gasteiger partial charge in [0.05, 0.1) is 30.5 Å². The van der Waals surface area contributed by atoms with Crippen molar-refractivity contribution in [3.05, 3.63) is 0 Å². The second kappa shape index (κ2) is 8.78. The molecule has 0 saturated heterocycles. The first kappa shape index (κ1) is 24.9. The largest absolute Gasteiger partial charge is 0.393 e. The van der Waals surface area contributed by atoms with Crippen LogP contribution in [0.5, 0.6) is 0 Å². The van der Waals surface area contributed by atoms with Gasteiger partial charge in [0.15, 0.2) is 0 Å². The molecule has 12 atom stereocenters. The minimum absolute atomic E-state index is 0.116. The van der Waals surface area contributed by atoms with E-state index < -0.39 is 5.60 Å². The molecule has 0 amide bonds. The summed E-state index contributed by atoms with van der Waals surface area (Å²) in [6.07, 6.45) is 7.96. The van der Waals surface area contributed by atoms with Gasteiger partial charge < -0.3 is 25.5 Å². The van der Waals surface area contributed by atoms with Gasteiger partial charge in [0.2, 0.25) is 0 Å². The van der Waals surface area contributed by atoms with Crippen molar-refractivity contribution in [2.24, 2.45) is 46.3 Å². The van der Waals surface area contributed by atoms with Crippen LogP contribution in [0, 0.1) is 46.3 Å². The summed E-state index contributed by atoms with van der Waals surface area (Å²) in [5.74, 6) is 2.17. The van der Waals surface area contributed by atoms with Gasteiger partial charge in [-0.2, -0.15) is 0 Å². The molecule has 32 heavy (non-hydrogen) atoms. The molecule has 0 aliphatic heterocycles. The van der Waals surface area contributed by atoms with E-state index in [4.69, 9.17) is 0 Å². The highest BCUT2D eigenvalue weighted by Gasteiger charge is 2.65. The molecule has 0 heterocycles. The molecule has 4 aliphatic carbocycles. The lowest BCUT2D eigenvalue weighted by atomic mass is 9.43. The summed E-state index contributed by atoms with van der Waals surface area (Å²) in [4.78, 5) is 0. The van der Waals surface area contributed by atoms with Crippen LogP contribution < -0.4 is 0 Å². The van der Waals surface area contributed by atoms with Crippen LogP contribution in [-0.2, 0) is 0 Å². The fraction of sp³-hybridized carbons (Fsp3) is 1.00. The van der Waals surface area contributed by atoms with Gasteiger partial charge in [-0.25, -0.2) is 0 Å². The number of aliphatic hydroxyl groups is 5. The number of hydrogen-bond acceptors (Lipinski definition) is 5. The SMILES string of the molecule is CC(CCCC(C)(O)CO)C1CCC2C3C(C[C@H](O)C12C)C1(C)CC[C@@H](O)C[C@@H]1C[C@H]3O. The van der Waals surface area contributed by atoms with Gasteiger partial charge in [-0.1, -0.05) is 33.6 Å². The maximum absolute atomic E-state index is 11.6. The topological polar surface area (TPSA) is 101 Å². The molecule has 4 rings (SSSR count). The van der Waals surface area contributed by atoms with Crippen molar-refractivity contribution in [1.82, 2.24) is 0 Å². The van der Waals surface area contributed by atoms with E-state index in [9.17, 15) is 25.5 Å². The summed E-state index contributed by atoms with van der Waals surface area (Å²) in [6, 6.07) is 0. The van der Waals surface area contributed by atoms with Crippen LogP contribution in [0.1, 0.15) is 91.9 Å². The zero-order valence-electron chi connectivity index (χ0n) is 20.7. The Hall–Kier alpha value is -0.200. The second-order valence-electron chi connectivity index (χ2n) is 13.1. The first-order valence-corrected chi connectivity index (χ1v) is 13.3. The summed E-state index contributed by atoms with van der Waals surface area (Å²) in [5.41, 5.74) is -1.06. The quantitative estimate of drug-likeness (QED) is 0.425. The summed E-state index contributed by atoms with van der Waals surface area (Å²) in [6.45, 7) is 8.45. The third-order valence-corrected chi connectivity index (χ3v) is 11.2. The fourth-order valence-electron chi connectivity index (χ4n) is 9.22. The number of hydrogen-bond donors (Lipinski definition) is 5. The first-order chi connectivity index (χ1) is 14.9. The van der Waals surface area contributed by atoms with Crippen LogP contribution in [0.25, 0.3) is 0 Å². The van der Waals surface area contributed by atoms with E-state index >= 15 is 0 Å². The molecule has 0 radical (unpaired) electrons. The normalized spacial score (nSPS) is 51.3. The predicted octanol–water partition coefficient (Wildman–Crippen LogP) is 3.50. The molecule has 4 fully saturated rings. The average Bonchev–Trinajstić information content (AvgIpc) is 3.08. The van der Waals surface area contributed by atoms with Crippen LogP contribution in [-0.4, -0.2) is 56.1 Å². The van der Waals surface area contributed by atoms with Crippen molar-refractivity contribution in [2.45, 2.75) is 116 Å². The van der Waals surface area contributed by atoms with Crippen LogP contribution in [0.3, 0.4) is 0 Å². The number of fused-ring (bicyclic) bond motifs is 5. The Bertz CT molecular complexity index is 666. The van der Waals surface area contributed by atoms with Gasteiger partial charge in [0.25, 0.3) is 0 Å². The van der Waals surface area contributed by atoms with E-state index in [0.29, 0.717) is 36.0 Å². The van der Waals surface area contributed by atoms with Gasteiger partial charge in [0, 0.05) is 0 Å². The highest BCUT2D eigenvalue weighted by molar-refractivity contribution is 5.14. The predicted molar refractivity (Wildman–Crippen MR) is 125 cm³/mol. The van der Waals surface area contributed by atoms with E-state index in [1.807, 2.05) is 0 Å². The standard InChI is InChI=1S/C27H48O5/c1-16(6-5-10-25(2,32)15-28)19-7-8-20-24-21(14-23(31)27(19,20)4)26(3)11-9-18(29)12-17(26)13-22(24)30/h16-24,28-32H,5-15H2,1-4H3/t16?,17-,18-,19?,20?,21?,22-,23+,24?,25?,26?,27?/m1/s1. The van der Waals surface area contributed by atoms with Gasteiger partial charge in [0.1, 0.15) is 0 Å². The summed E-state index contributed by atoms with van der Waals surface area (Å²) < 4.78 is 0. The van der Waals surface area contributed by atoms with Crippen LogP contribution >= 0.6 is 0 Å². The molecule has 0 aromatic heterocycles. The molecule has 8 unspecified atom stereocenters. The Morgan fingerprint density at radius 3 is 2.41 bits per heavy atom. The van der Waals surface area contributed by atoms with Gasteiger partial charge >= 0.3 is 0 Å². The minimum Gasteiger partial charge on any atom is -0.393 e. The molecule has 0 bridgehead atoms. The van der Waals surface area contributed by atoms with Crippen LogP contribution in [0.2, 0.25) is 0 Å². The lowest BCUT2D eigenvalue weighted by molar-refractivity contribution is -0.207. The second-order valence-corrected chi connectivity index (χ2v) is 13.1. The fourth-order valence-corrected chi connectivity index (χ4v) is 9.22. The van der Waals surface area contributed by atoms with Gasteiger partial charge in [-0.15, -0.1) is 0 Å². The van der Waals surface area contributed by atoms with Gasteiger partial charge in [-0.05, 0) is 105 Å². The molecular formula is C27H48O5. The van der Waals surface area contributed by atoms with Crippen LogP contribution in [0.15, 0.2) is 0 Å². The van der Waals surface area contributed by atoms with Crippen molar-refractivity contribution >= 4 is 0 Å². The van der Waals surface area contributed by atoms with E-state index in [1.54, 1.807) is 6.92 Å². The van der Waals surface area contributed by atoms with Crippen molar-refractivity contribution in [2.75, 3.05) is 6.61 Å². The molecule has 5 N–H and O–H groups in total. The lowest BCUT2D eigenvalue weighted by Gasteiger charge is -2.63. The maximum atomic E-state index is 11.6. The number of rotatable bonds is 6. The molecule has 186 valence electrons. The molecule has 0 aromatic carbocycles. The molecule has 0 aromatic rings. The smallest absolute Gasteiger partial charge is 0.0849 e. The van der Waals surface area contributed by atoms with Crippen molar-refractivity contribution in [1.29, 1.82) is 0 Å². The third kappa shape index (κ3) is 3.98. The van der Waals surface area contributed by atoms with E-state index in [-0.39, 0.29) is 41.7 Å². The molecule has 4 aliphatic rings. The van der Waals surface area contributed by atoms with Crippen molar-refractivity contribution in [3.63, 3.8) is 0 Å². The van der Waals surface area contributed by atoms with Crippen LogP contribution in [0.4, 0.5) is 0 Å². The van der Waals surface area contributed by atoms with E-state index in [2.05, 4.69) is 20.8 Å². The zero-order chi connectivity index (χ0) is 23.5. The number of aliphatic hydroxyl groups excluding tert-OH is 4. The lowest BCUT2D eigenvalue weighted by Crippen LogP contribution is -2.62. The molecule has 5 nitrogen and oxygen atoms in total. The molecule has 0 spiro atoms. The molecule has 4 saturated carbocycles. The zero-order valence-corrected chi connectivity index (χ0v) is 20.7. The Balaban J connectivity index is 1.51. The van der Waals surface area contributed by atoms with Crippen molar-refractivity contribution in [3.8, 4) is 0 Å². The third-order valence-electron chi connectivity index (χ3n) is 11.2. The highest BCUT2D eigenvalue weighted by Crippen LogP contribution is 2.68. The highest BCUT2D eigenvalue weighted by atomic mass is 16.3. The van der Waals surface area contributed by atoms with Crippen molar-refractivity contribution < 1.29 is 25.5 Å². The summed E-state index contributed by atoms with van der Waals surface area (Å²) in [7, 11) is 0. The molecular weight excluding hydrogens is 404 g/mol. The summed E-state index contributed by atoms with van der Waals surface area (Å²) in [5, 5.41) is 52.7. The Labute approximate surface area is 194 Å². The van der Waals surface area contributed by atoms with E-state index in [1.165, 1.54) is 0 Å². The first-order valence-electron chi connectivity index (χ1n) is 13.3. The Morgan fingerprint density at radius 2 is 1.72 bits per heavy atom. The Morgan fingerprint density at radius 1 is 1.00 bits per heavy atom. The van der Waals surface area contributed by atoms with Gasteiger partial charge in [-0.3, -0.25) is 0 Å². The summed E-state index contributed by atoms with van der Waals surface area (Å²) >= 11 is 0. The monoisotopic (exact) mass is 452 g/mol. The average molecular weight is 453 g/mol.